The number of carbonyl (C=O) groups excluding carboxylic acids is 1. The van der Waals surface area contributed by atoms with Crippen LogP contribution in [0.25, 0.3) is 10.9 Å². The Morgan fingerprint density at radius 3 is 2.32 bits per heavy atom. The maximum atomic E-state index is 13.0. The third-order valence-corrected chi connectivity index (χ3v) is 6.37. The number of anilines is 1. The molecule has 0 spiro atoms. The molecule has 1 fully saturated rings. The summed E-state index contributed by atoms with van der Waals surface area (Å²) in [5.41, 5.74) is 2.96. The van der Waals surface area contributed by atoms with Gasteiger partial charge in [0.1, 0.15) is 0 Å². The fourth-order valence-corrected chi connectivity index (χ4v) is 4.41. The van der Waals surface area contributed by atoms with Crippen molar-refractivity contribution in [3.05, 3.63) is 62.3 Å². The van der Waals surface area contributed by atoms with Gasteiger partial charge in [0, 0.05) is 50.9 Å². The lowest BCUT2D eigenvalue weighted by Crippen LogP contribution is -2.49. The molecule has 0 bridgehead atoms. The molecule has 0 atom stereocenters. The average molecular weight is 467 g/mol. The van der Waals surface area contributed by atoms with Crippen LogP contribution in [0.5, 0.6) is 11.5 Å². The maximum Gasteiger partial charge on any atom is 0.328 e. The van der Waals surface area contributed by atoms with Crippen molar-refractivity contribution in [2.45, 2.75) is 26.8 Å². The molecule has 1 amide bonds. The highest BCUT2D eigenvalue weighted by atomic mass is 16.5. The predicted molar refractivity (Wildman–Crippen MR) is 131 cm³/mol. The molecular formula is C25H30N4O5. The lowest BCUT2D eigenvalue weighted by Gasteiger charge is -2.37. The zero-order valence-electron chi connectivity index (χ0n) is 20.0. The van der Waals surface area contributed by atoms with E-state index in [2.05, 4.69) is 41.9 Å². The van der Waals surface area contributed by atoms with Crippen LogP contribution < -0.4 is 25.6 Å². The lowest BCUT2D eigenvalue weighted by molar-refractivity contribution is -0.131. The Hall–Kier alpha value is -3.75. The van der Waals surface area contributed by atoms with Gasteiger partial charge in [-0.1, -0.05) is 12.1 Å². The second-order valence-electron chi connectivity index (χ2n) is 8.55. The van der Waals surface area contributed by atoms with E-state index in [1.807, 2.05) is 0 Å². The first-order chi connectivity index (χ1) is 16.3. The topological polar surface area (TPSA) is 96.9 Å². The highest BCUT2D eigenvalue weighted by Crippen LogP contribution is 2.29. The third kappa shape index (κ3) is 4.50. The number of hydrogen-bond donors (Lipinski definition) is 1. The molecule has 0 aliphatic carbocycles. The molecule has 0 saturated carbocycles. The minimum absolute atomic E-state index is 0.00842. The van der Waals surface area contributed by atoms with Gasteiger partial charge in [-0.05, 0) is 37.1 Å². The number of H-pyrrole nitrogens is 1. The minimum Gasteiger partial charge on any atom is -0.493 e. The Balaban J connectivity index is 1.45. The Kier molecular flexibility index (Phi) is 6.63. The van der Waals surface area contributed by atoms with Gasteiger partial charge in [0.2, 0.25) is 5.91 Å². The van der Waals surface area contributed by atoms with E-state index < -0.39 is 11.2 Å². The van der Waals surface area contributed by atoms with Crippen LogP contribution in [0.2, 0.25) is 0 Å². The van der Waals surface area contributed by atoms with Crippen molar-refractivity contribution in [2.75, 3.05) is 45.3 Å². The summed E-state index contributed by atoms with van der Waals surface area (Å²) in [5, 5.41) is 0.298. The van der Waals surface area contributed by atoms with Gasteiger partial charge >= 0.3 is 5.69 Å². The normalized spacial score (nSPS) is 13.9. The molecule has 4 rings (SSSR count). The molecule has 180 valence electrons. The van der Waals surface area contributed by atoms with Gasteiger partial charge in [-0.15, -0.1) is 0 Å². The van der Waals surface area contributed by atoms with E-state index in [9.17, 15) is 14.4 Å². The summed E-state index contributed by atoms with van der Waals surface area (Å²) in [6.07, 6.45) is 0.0747. The number of aryl methyl sites for hydroxylation is 2. The standard InChI is InChI=1S/C25H30N4O5/c1-16-5-6-17(2)20(13-16)27-9-11-28(12-10-27)23(30)7-8-29-24(31)18-14-21(33-3)22(34-4)15-19(18)26-25(29)32/h5-6,13-15H,7-12H2,1-4H3,(H,26,32). The average Bonchev–Trinajstić information content (AvgIpc) is 2.84. The second-order valence-corrected chi connectivity index (χ2v) is 8.55. The zero-order chi connectivity index (χ0) is 24.4. The number of fused-ring (bicyclic) bond motifs is 1. The van der Waals surface area contributed by atoms with Gasteiger partial charge in [-0.3, -0.25) is 14.2 Å². The Morgan fingerprint density at radius 2 is 1.65 bits per heavy atom. The smallest absolute Gasteiger partial charge is 0.328 e. The van der Waals surface area contributed by atoms with E-state index in [0.29, 0.717) is 35.5 Å². The molecule has 9 heteroatoms. The number of methoxy groups -OCH3 is 2. The zero-order valence-corrected chi connectivity index (χ0v) is 20.0. The number of aromatic amines is 1. The van der Waals surface area contributed by atoms with Crippen molar-refractivity contribution < 1.29 is 14.3 Å². The molecule has 1 aromatic heterocycles. The molecular weight excluding hydrogens is 436 g/mol. The number of rotatable bonds is 6. The van der Waals surface area contributed by atoms with E-state index in [1.165, 1.54) is 37.1 Å². The van der Waals surface area contributed by atoms with E-state index in [0.717, 1.165) is 17.7 Å². The van der Waals surface area contributed by atoms with Crippen molar-refractivity contribution in [3.8, 4) is 11.5 Å². The van der Waals surface area contributed by atoms with Gasteiger partial charge < -0.3 is 24.3 Å². The summed E-state index contributed by atoms with van der Waals surface area (Å²) in [7, 11) is 2.96. The highest BCUT2D eigenvalue weighted by molar-refractivity contribution is 5.82. The molecule has 1 aliphatic heterocycles. The fraction of sp³-hybridized carbons (Fsp3) is 0.400. The van der Waals surface area contributed by atoms with Crippen LogP contribution in [-0.2, 0) is 11.3 Å². The summed E-state index contributed by atoms with van der Waals surface area (Å²) in [6, 6.07) is 9.49. The highest BCUT2D eigenvalue weighted by Gasteiger charge is 2.22. The summed E-state index contributed by atoms with van der Waals surface area (Å²) in [6.45, 7) is 6.87. The number of ether oxygens (including phenoxy) is 2. The number of aromatic nitrogens is 2. The number of carbonyl (C=O) groups is 1. The molecule has 3 aromatic rings. The molecule has 1 saturated heterocycles. The van der Waals surface area contributed by atoms with Gasteiger partial charge in [0.05, 0.1) is 25.1 Å². The fourth-order valence-electron chi connectivity index (χ4n) is 4.41. The SMILES string of the molecule is COc1cc2[nH]c(=O)n(CCC(=O)N3CCN(c4cc(C)ccc4C)CC3)c(=O)c2cc1OC. The molecule has 0 unspecified atom stereocenters. The molecule has 2 aromatic carbocycles. The second kappa shape index (κ2) is 9.62. The van der Waals surface area contributed by atoms with Crippen LogP contribution in [0.1, 0.15) is 17.5 Å². The number of benzene rings is 2. The Bertz CT molecular complexity index is 1340. The van der Waals surface area contributed by atoms with E-state index in [-0.39, 0.29) is 18.9 Å². The van der Waals surface area contributed by atoms with E-state index in [1.54, 1.807) is 11.0 Å². The van der Waals surface area contributed by atoms with Crippen molar-refractivity contribution in [2.24, 2.45) is 0 Å². The molecule has 34 heavy (non-hydrogen) atoms. The molecule has 1 N–H and O–H groups in total. The van der Waals surface area contributed by atoms with Crippen LogP contribution in [0, 0.1) is 13.8 Å². The summed E-state index contributed by atoms with van der Waals surface area (Å²) < 4.78 is 11.6. The molecule has 0 radical (unpaired) electrons. The molecule has 1 aliphatic rings. The number of amides is 1. The monoisotopic (exact) mass is 466 g/mol. The van der Waals surface area contributed by atoms with E-state index in [4.69, 9.17) is 9.47 Å². The van der Waals surface area contributed by atoms with Gasteiger partial charge in [0.15, 0.2) is 11.5 Å². The molecule has 9 nitrogen and oxygen atoms in total. The van der Waals surface area contributed by atoms with Crippen LogP contribution in [0.4, 0.5) is 5.69 Å². The van der Waals surface area contributed by atoms with Crippen molar-refractivity contribution in [1.82, 2.24) is 14.5 Å². The summed E-state index contributed by atoms with van der Waals surface area (Å²) >= 11 is 0. The Morgan fingerprint density at radius 1 is 0.971 bits per heavy atom. The van der Waals surface area contributed by atoms with Gasteiger partial charge in [-0.25, -0.2) is 4.79 Å². The van der Waals surface area contributed by atoms with E-state index >= 15 is 0 Å². The lowest BCUT2D eigenvalue weighted by atomic mass is 10.1. The summed E-state index contributed by atoms with van der Waals surface area (Å²) in [5.74, 6) is 0.737. The third-order valence-electron chi connectivity index (χ3n) is 6.37. The number of nitrogens with one attached hydrogen (secondary N) is 1. The summed E-state index contributed by atoms with van der Waals surface area (Å²) in [4.78, 5) is 45.2. The first-order valence-electron chi connectivity index (χ1n) is 11.3. The molecule has 2 heterocycles. The van der Waals surface area contributed by atoms with Crippen molar-refractivity contribution in [1.29, 1.82) is 0 Å². The van der Waals surface area contributed by atoms with Crippen LogP contribution >= 0.6 is 0 Å². The van der Waals surface area contributed by atoms with Crippen LogP contribution in [0.15, 0.2) is 39.9 Å². The number of hydrogen-bond acceptors (Lipinski definition) is 6. The van der Waals surface area contributed by atoms with Crippen LogP contribution in [0.3, 0.4) is 0 Å². The van der Waals surface area contributed by atoms with Crippen molar-refractivity contribution >= 4 is 22.5 Å². The van der Waals surface area contributed by atoms with Crippen LogP contribution in [-0.4, -0.2) is 60.8 Å². The first kappa shape index (κ1) is 23.4. The van der Waals surface area contributed by atoms with Gasteiger partial charge in [0.25, 0.3) is 5.56 Å². The van der Waals surface area contributed by atoms with Gasteiger partial charge in [-0.2, -0.15) is 0 Å². The maximum absolute atomic E-state index is 13.0. The first-order valence-corrected chi connectivity index (χ1v) is 11.3. The largest absolute Gasteiger partial charge is 0.493 e. The predicted octanol–water partition coefficient (Wildman–Crippen LogP) is 2.06. The number of piperazine rings is 1. The number of nitrogens with zero attached hydrogens (tertiary/aromatic N) is 3. The Labute approximate surface area is 197 Å². The minimum atomic E-state index is -0.558. The van der Waals surface area contributed by atoms with Crippen molar-refractivity contribution in [3.63, 3.8) is 0 Å². The quantitative estimate of drug-likeness (QED) is 0.597.